The van der Waals surface area contributed by atoms with Crippen LogP contribution in [-0.4, -0.2) is 107 Å². The van der Waals surface area contributed by atoms with E-state index in [0.717, 1.165) is 23.9 Å². The first-order valence-corrected chi connectivity index (χ1v) is 14.2. The highest BCUT2D eigenvalue weighted by molar-refractivity contribution is 5.97. The van der Waals surface area contributed by atoms with Crippen molar-refractivity contribution in [2.24, 2.45) is 0 Å². The molecule has 1 N–H and O–H groups in total. The van der Waals surface area contributed by atoms with Crippen LogP contribution in [0.4, 0.5) is 19.3 Å². The molecule has 4 heterocycles. The Balaban J connectivity index is 1.37. The molecule has 0 aliphatic carbocycles. The van der Waals surface area contributed by atoms with Crippen molar-refractivity contribution in [3.05, 3.63) is 58.9 Å². The minimum absolute atomic E-state index is 0.0836. The van der Waals surface area contributed by atoms with E-state index in [2.05, 4.69) is 21.7 Å². The fourth-order valence-corrected chi connectivity index (χ4v) is 6.29. The molecule has 5 rings (SSSR count). The summed E-state index contributed by atoms with van der Waals surface area (Å²) in [5, 5.41) is 9.80. The number of aromatic nitrogens is 1. The van der Waals surface area contributed by atoms with Gasteiger partial charge in [0, 0.05) is 74.9 Å². The number of ether oxygens (including phenoxy) is 1. The Kier molecular flexibility index (Phi) is 8.31. The molecule has 0 unspecified atom stereocenters. The summed E-state index contributed by atoms with van der Waals surface area (Å²) in [5.74, 6) is -1.33. The van der Waals surface area contributed by atoms with Gasteiger partial charge in [-0.25, -0.2) is 13.6 Å². The Morgan fingerprint density at radius 1 is 1.12 bits per heavy atom. The molecule has 1 aromatic heterocycles. The van der Waals surface area contributed by atoms with E-state index in [1.807, 2.05) is 26.8 Å². The van der Waals surface area contributed by atoms with E-state index < -0.39 is 17.7 Å². The highest BCUT2D eigenvalue weighted by atomic mass is 19.1. The van der Waals surface area contributed by atoms with Gasteiger partial charge in [0.05, 0.1) is 31.1 Å². The zero-order valence-electron chi connectivity index (χ0n) is 24.1. The molecule has 0 saturated carbocycles. The number of pyridine rings is 1. The number of nitrogens with zero attached hydrogens (tertiary/aromatic N) is 5. The number of hydrogen-bond donors (Lipinski definition) is 1. The summed E-state index contributed by atoms with van der Waals surface area (Å²) >= 11 is 0. The Morgan fingerprint density at radius 3 is 2.61 bits per heavy atom. The maximum atomic E-state index is 14.4. The van der Waals surface area contributed by atoms with Gasteiger partial charge in [-0.3, -0.25) is 19.6 Å². The molecule has 2 aromatic rings. The molecular formula is C30H39F2N5O4. The van der Waals surface area contributed by atoms with Gasteiger partial charge in [-0.2, -0.15) is 0 Å². The number of carboxylic acid groups (broad SMARTS) is 1. The number of hydrogen-bond acceptors (Lipinski definition) is 6. The van der Waals surface area contributed by atoms with E-state index in [4.69, 9.17) is 4.74 Å². The average Bonchev–Trinajstić information content (AvgIpc) is 3.18. The molecule has 0 bridgehead atoms. The van der Waals surface area contributed by atoms with Crippen LogP contribution in [0.2, 0.25) is 0 Å². The summed E-state index contributed by atoms with van der Waals surface area (Å²) in [6.07, 6.45) is 0.974. The third kappa shape index (κ3) is 6.22. The van der Waals surface area contributed by atoms with Crippen LogP contribution in [0, 0.1) is 11.6 Å². The summed E-state index contributed by atoms with van der Waals surface area (Å²) in [5.41, 5.74) is 2.22. The van der Waals surface area contributed by atoms with E-state index in [1.165, 1.54) is 17.0 Å². The van der Waals surface area contributed by atoms with Gasteiger partial charge in [0.1, 0.15) is 11.6 Å². The molecule has 0 spiro atoms. The van der Waals surface area contributed by atoms with Crippen molar-refractivity contribution < 1.29 is 28.2 Å². The summed E-state index contributed by atoms with van der Waals surface area (Å²) in [6.45, 7) is 12.1. The molecule has 11 heteroatoms. The van der Waals surface area contributed by atoms with E-state index in [0.29, 0.717) is 50.6 Å². The number of morpholine rings is 1. The standard InChI is InChI=1S/C30H39F2N5O4/c1-19-13-35(24(15-36(19)29(39)40)14-34-7-8-41-17-20(34)2)16-27(38)37-18-30(3,4)28-26(37)10-21(12-33-28)9-22-5-6-23(31)11-25(22)32/h5-6,10-12,19-20,24H,7-9,13-18H2,1-4H3,(H,39,40)/t19-,20-,24+/m1/s1. The van der Waals surface area contributed by atoms with Gasteiger partial charge in [0.25, 0.3) is 0 Å². The first kappa shape index (κ1) is 29.3. The number of carbonyl (C=O) groups excluding carboxylic acids is 1. The number of piperazine rings is 1. The van der Waals surface area contributed by atoms with Crippen LogP contribution in [0.15, 0.2) is 30.5 Å². The smallest absolute Gasteiger partial charge is 0.407 e. The highest BCUT2D eigenvalue weighted by Crippen LogP contribution is 2.40. The molecule has 0 radical (unpaired) electrons. The van der Waals surface area contributed by atoms with Crippen molar-refractivity contribution in [2.45, 2.75) is 57.7 Å². The van der Waals surface area contributed by atoms with Gasteiger partial charge < -0.3 is 19.6 Å². The number of fused-ring (bicyclic) bond motifs is 1. The fourth-order valence-electron chi connectivity index (χ4n) is 6.29. The normalized spacial score (nSPS) is 24.9. The predicted molar refractivity (Wildman–Crippen MR) is 150 cm³/mol. The van der Waals surface area contributed by atoms with E-state index in [9.17, 15) is 23.5 Å². The number of carbonyl (C=O) groups is 2. The lowest BCUT2D eigenvalue weighted by Crippen LogP contribution is -2.64. The molecule has 41 heavy (non-hydrogen) atoms. The zero-order chi connectivity index (χ0) is 29.5. The van der Waals surface area contributed by atoms with Crippen molar-refractivity contribution in [2.75, 3.05) is 57.4 Å². The largest absolute Gasteiger partial charge is 0.465 e. The monoisotopic (exact) mass is 571 g/mol. The van der Waals surface area contributed by atoms with Gasteiger partial charge in [-0.05, 0) is 37.1 Å². The molecule has 3 atom stereocenters. The second-order valence-electron chi connectivity index (χ2n) is 12.3. The van der Waals surface area contributed by atoms with Gasteiger partial charge in [-0.1, -0.05) is 19.9 Å². The van der Waals surface area contributed by atoms with Gasteiger partial charge in [0.15, 0.2) is 0 Å². The van der Waals surface area contributed by atoms with Crippen molar-refractivity contribution in [1.82, 2.24) is 19.7 Å². The lowest BCUT2D eigenvalue weighted by Gasteiger charge is -2.47. The maximum Gasteiger partial charge on any atom is 0.407 e. The summed E-state index contributed by atoms with van der Waals surface area (Å²) in [4.78, 5) is 38.2. The molecule has 3 aliphatic rings. The molecule has 222 valence electrons. The third-order valence-electron chi connectivity index (χ3n) is 8.61. The van der Waals surface area contributed by atoms with Crippen LogP contribution in [-0.2, 0) is 21.4 Å². The summed E-state index contributed by atoms with van der Waals surface area (Å²) in [6, 6.07) is 5.23. The first-order chi connectivity index (χ1) is 19.4. The van der Waals surface area contributed by atoms with E-state index in [1.54, 1.807) is 11.1 Å². The molecule has 2 amide bonds. The van der Waals surface area contributed by atoms with Gasteiger partial charge >= 0.3 is 6.09 Å². The van der Waals surface area contributed by atoms with Crippen LogP contribution < -0.4 is 4.90 Å². The maximum absolute atomic E-state index is 14.4. The Labute approximate surface area is 239 Å². The number of rotatable bonds is 6. The topological polar surface area (TPSA) is 89.5 Å². The molecule has 3 aliphatic heterocycles. The zero-order valence-corrected chi connectivity index (χ0v) is 24.1. The Hall–Kier alpha value is -3.15. The average molecular weight is 572 g/mol. The Morgan fingerprint density at radius 2 is 1.90 bits per heavy atom. The number of benzene rings is 1. The minimum atomic E-state index is -0.949. The van der Waals surface area contributed by atoms with Gasteiger partial charge in [-0.15, -0.1) is 0 Å². The van der Waals surface area contributed by atoms with E-state index >= 15 is 0 Å². The van der Waals surface area contributed by atoms with Crippen molar-refractivity contribution in [1.29, 1.82) is 0 Å². The lowest BCUT2D eigenvalue weighted by atomic mass is 9.91. The Bertz CT molecular complexity index is 1310. The molecule has 2 saturated heterocycles. The van der Waals surface area contributed by atoms with Crippen LogP contribution in [0.1, 0.15) is 44.5 Å². The molecular weight excluding hydrogens is 532 g/mol. The fraction of sp³-hybridized carbons (Fsp3) is 0.567. The molecule has 1 aromatic carbocycles. The van der Waals surface area contributed by atoms with Crippen LogP contribution in [0.25, 0.3) is 0 Å². The van der Waals surface area contributed by atoms with Crippen molar-refractivity contribution in [3.63, 3.8) is 0 Å². The van der Waals surface area contributed by atoms with Gasteiger partial charge in [0.2, 0.25) is 5.91 Å². The van der Waals surface area contributed by atoms with Crippen molar-refractivity contribution in [3.8, 4) is 0 Å². The van der Waals surface area contributed by atoms with E-state index in [-0.39, 0.29) is 42.4 Å². The first-order valence-electron chi connectivity index (χ1n) is 14.2. The number of amides is 2. The summed E-state index contributed by atoms with van der Waals surface area (Å²) < 4.78 is 33.3. The van der Waals surface area contributed by atoms with Crippen molar-refractivity contribution >= 4 is 17.7 Å². The second kappa shape index (κ2) is 11.6. The SMILES string of the molecule is C[C@@H]1COCCN1C[C@H]1CN(C(=O)O)[C@H](C)CN1CC(=O)N1CC(C)(C)c2ncc(Cc3ccc(F)cc3F)cc21. The predicted octanol–water partition coefficient (Wildman–Crippen LogP) is 3.35. The molecule has 9 nitrogen and oxygen atoms in total. The second-order valence-corrected chi connectivity index (χ2v) is 12.3. The quantitative estimate of drug-likeness (QED) is 0.569. The van der Waals surface area contributed by atoms with Crippen LogP contribution in [0.5, 0.6) is 0 Å². The number of halogens is 2. The number of anilines is 1. The highest BCUT2D eigenvalue weighted by Gasteiger charge is 2.42. The lowest BCUT2D eigenvalue weighted by molar-refractivity contribution is -0.121. The molecule has 2 fully saturated rings. The summed E-state index contributed by atoms with van der Waals surface area (Å²) in [7, 11) is 0. The minimum Gasteiger partial charge on any atom is -0.465 e. The van der Waals surface area contributed by atoms with Crippen LogP contribution in [0.3, 0.4) is 0 Å². The van der Waals surface area contributed by atoms with Crippen LogP contribution >= 0.6 is 0 Å². The third-order valence-corrected chi connectivity index (χ3v) is 8.61.